The van der Waals surface area contributed by atoms with Gasteiger partial charge in [0.05, 0.1) is 11.6 Å². The standard InChI is InChI=1S/C20H20FNO4/c1-2-3-4-5-19(20(23)24)26-16-9-7-15(8-10-16)25-18-11-6-14(13-22)12-17(18)21/h6-12,19H,2-5H2,1H3,(H,23,24). The van der Waals surface area contributed by atoms with E-state index in [0.29, 0.717) is 17.9 Å². The quantitative estimate of drug-likeness (QED) is 0.646. The largest absolute Gasteiger partial charge is 0.479 e. The summed E-state index contributed by atoms with van der Waals surface area (Å²) in [6.45, 7) is 2.05. The molecule has 5 nitrogen and oxygen atoms in total. The van der Waals surface area contributed by atoms with Crippen molar-refractivity contribution in [3.8, 4) is 23.3 Å². The first-order valence-corrected chi connectivity index (χ1v) is 8.40. The highest BCUT2D eigenvalue weighted by Crippen LogP contribution is 2.27. The Morgan fingerprint density at radius 1 is 1.19 bits per heavy atom. The fraction of sp³-hybridized carbons (Fsp3) is 0.300. The lowest BCUT2D eigenvalue weighted by atomic mass is 10.1. The van der Waals surface area contributed by atoms with E-state index in [1.807, 2.05) is 13.0 Å². The number of halogens is 1. The van der Waals surface area contributed by atoms with E-state index in [9.17, 15) is 14.3 Å². The Balaban J connectivity index is 2.01. The molecule has 2 aromatic rings. The van der Waals surface area contributed by atoms with E-state index in [-0.39, 0.29) is 11.3 Å². The highest BCUT2D eigenvalue weighted by atomic mass is 19.1. The van der Waals surface area contributed by atoms with E-state index < -0.39 is 17.9 Å². The number of nitrogens with zero attached hydrogens (tertiary/aromatic N) is 1. The summed E-state index contributed by atoms with van der Waals surface area (Å²) < 4.78 is 24.8. The molecule has 26 heavy (non-hydrogen) atoms. The molecule has 0 radical (unpaired) electrons. The number of unbranched alkanes of at least 4 members (excludes halogenated alkanes) is 2. The maximum atomic E-state index is 13.8. The highest BCUT2D eigenvalue weighted by molar-refractivity contribution is 5.72. The van der Waals surface area contributed by atoms with Crippen LogP contribution in [0.4, 0.5) is 4.39 Å². The van der Waals surface area contributed by atoms with E-state index in [1.165, 1.54) is 12.1 Å². The molecule has 6 heteroatoms. The van der Waals surface area contributed by atoms with Crippen LogP contribution in [0.1, 0.15) is 38.2 Å². The number of ether oxygens (including phenoxy) is 2. The Labute approximate surface area is 151 Å². The van der Waals surface area contributed by atoms with Crippen molar-refractivity contribution in [2.75, 3.05) is 0 Å². The van der Waals surface area contributed by atoms with Crippen molar-refractivity contribution in [3.63, 3.8) is 0 Å². The van der Waals surface area contributed by atoms with Crippen molar-refractivity contribution in [1.29, 1.82) is 5.26 Å². The molecule has 0 amide bonds. The van der Waals surface area contributed by atoms with Crippen LogP contribution >= 0.6 is 0 Å². The van der Waals surface area contributed by atoms with Gasteiger partial charge in [-0.15, -0.1) is 0 Å². The van der Waals surface area contributed by atoms with Gasteiger partial charge in [0.1, 0.15) is 11.5 Å². The SMILES string of the molecule is CCCCCC(Oc1ccc(Oc2ccc(C#N)cc2F)cc1)C(=O)O. The third-order valence-corrected chi connectivity index (χ3v) is 3.74. The topological polar surface area (TPSA) is 79.5 Å². The predicted octanol–water partition coefficient (Wildman–Crippen LogP) is 4.90. The summed E-state index contributed by atoms with van der Waals surface area (Å²) in [7, 11) is 0. The van der Waals surface area contributed by atoms with Gasteiger partial charge in [-0.25, -0.2) is 9.18 Å². The number of carbonyl (C=O) groups is 1. The van der Waals surface area contributed by atoms with E-state index >= 15 is 0 Å². The lowest BCUT2D eigenvalue weighted by Crippen LogP contribution is -2.26. The molecule has 0 bridgehead atoms. The molecule has 1 N–H and O–H groups in total. The summed E-state index contributed by atoms with van der Waals surface area (Å²) in [6.07, 6.45) is 2.29. The zero-order valence-corrected chi connectivity index (χ0v) is 14.4. The summed E-state index contributed by atoms with van der Waals surface area (Å²) in [6, 6.07) is 12.1. The van der Waals surface area contributed by atoms with Crippen molar-refractivity contribution in [1.82, 2.24) is 0 Å². The molecule has 0 heterocycles. The lowest BCUT2D eigenvalue weighted by Gasteiger charge is -2.15. The minimum Gasteiger partial charge on any atom is -0.479 e. The molecule has 0 saturated heterocycles. The number of benzene rings is 2. The van der Waals surface area contributed by atoms with Crippen LogP contribution in [0.15, 0.2) is 42.5 Å². The van der Waals surface area contributed by atoms with Crippen LogP contribution in [-0.4, -0.2) is 17.2 Å². The van der Waals surface area contributed by atoms with E-state index in [0.717, 1.165) is 25.3 Å². The van der Waals surface area contributed by atoms with Gasteiger partial charge in [0.2, 0.25) is 0 Å². The third-order valence-electron chi connectivity index (χ3n) is 3.74. The van der Waals surface area contributed by atoms with Crippen LogP contribution in [0.3, 0.4) is 0 Å². The number of nitriles is 1. The molecule has 1 atom stereocenters. The van der Waals surface area contributed by atoms with Crippen LogP contribution in [0.5, 0.6) is 17.2 Å². The third kappa shape index (κ3) is 5.49. The lowest BCUT2D eigenvalue weighted by molar-refractivity contribution is -0.145. The Kier molecular flexibility index (Phi) is 6.98. The van der Waals surface area contributed by atoms with Gasteiger partial charge >= 0.3 is 5.97 Å². The molecule has 0 aliphatic heterocycles. The maximum Gasteiger partial charge on any atom is 0.344 e. The van der Waals surface area contributed by atoms with Crippen molar-refractivity contribution < 1.29 is 23.8 Å². The summed E-state index contributed by atoms with van der Waals surface area (Å²) >= 11 is 0. The van der Waals surface area contributed by atoms with E-state index in [2.05, 4.69) is 0 Å². The van der Waals surface area contributed by atoms with Crippen molar-refractivity contribution in [2.24, 2.45) is 0 Å². The fourth-order valence-electron chi connectivity index (χ4n) is 2.34. The van der Waals surface area contributed by atoms with E-state index in [1.54, 1.807) is 24.3 Å². The Hall–Kier alpha value is -3.07. The minimum absolute atomic E-state index is 0.000599. The molecule has 1 unspecified atom stereocenters. The van der Waals surface area contributed by atoms with Crippen molar-refractivity contribution in [2.45, 2.75) is 38.7 Å². The van der Waals surface area contributed by atoms with Crippen LogP contribution in [-0.2, 0) is 4.79 Å². The van der Waals surface area contributed by atoms with Gasteiger partial charge in [-0.05, 0) is 55.3 Å². The van der Waals surface area contributed by atoms with Crippen LogP contribution < -0.4 is 9.47 Å². The van der Waals surface area contributed by atoms with Crippen molar-refractivity contribution in [3.05, 3.63) is 53.8 Å². The predicted molar refractivity (Wildman–Crippen MR) is 93.8 cm³/mol. The van der Waals surface area contributed by atoms with Crippen LogP contribution in [0.25, 0.3) is 0 Å². The van der Waals surface area contributed by atoms with Gasteiger partial charge < -0.3 is 14.6 Å². The highest BCUT2D eigenvalue weighted by Gasteiger charge is 2.18. The van der Waals surface area contributed by atoms with Gasteiger partial charge in [0.25, 0.3) is 0 Å². The second kappa shape index (κ2) is 9.42. The molecule has 2 aromatic carbocycles. The first-order valence-electron chi connectivity index (χ1n) is 8.40. The Bertz CT molecular complexity index is 783. The van der Waals surface area contributed by atoms with Crippen LogP contribution in [0, 0.1) is 17.1 Å². The van der Waals surface area contributed by atoms with Gasteiger partial charge in [-0.3, -0.25) is 0 Å². The zero-order chi connectivity index (χ0) is 18.9. The Morgan fingerprint density at radius 2 is 1.88 bits per heavy atom. The Morgan fingerprint density at radius 3 is 2.46 bits per heavy atom. The molecule has 0 aromatic heterocycles. The molecule has 136 valence electrons. The average Bonchev–Trinajstić information content (AvgIpc) is 2.64. The summed E-state index contributed by atoms with van der Waals surface area (Å²) in [4.78, 5) is 11.3. The van der Waals surface area contributed by atoms with Gasteiger partial charge in [0, 0.05) is 0 Å². The number of hydrogen-bond acceptors (Lipinski definition) is 4. The summed E-state index contributed by atoms with van der Waals surface area (Å²) in [5.74, 6) is -0.853. The van der Waals surface area contributed by atoms with Gasteiger partial charge in [-0.2, -0.15) is 5.26 Å². The van der Waals surface area contributed by atoms with Gasteiger partial charge in [-0.1, -0.05) is 19.8 Å². The molecule has 0 aliphatic rings. The number of carboxylic acids is 1. The molecule has 0 fully saturated rings. The van der Waals surface area contributed by atoms with Crippen LogP contribution in [0.2, 0.25) is 0 Å². The maximum absolute atomic E-state index is 13.8. The number of hydrogen-bond donors (Lipinski definition) is 1. The number of rotatable bonds is 9. The summed E-state index contributed by atoms with van der Waals surface area (Å²) in [5, 5.41) is 18.0. The number of carboxylic acid groups (broad SMARTS) is 1. The fourth-order valence-corrected chi connectivity index (χ4v) is 2.34. The monoisotopic (exact) mass is 357 g/mol. The first-order chi connectivity index (χ1) is 12.5. The molecular formula is C20H20FNO4. The average molecular weight is 357 g/mol. The van der Waals surface area contributed by atoms with Gasteiger partial charge in [0.15, 0.2) is 17.7 Å². The molecule has 0 aliphatic carbocycles. The molecule has 2 rings (SSSR count). The normalized spacial score (nSPS) is 11.4. The van der Waals surface area contributed by atoms with Crippen molar-refractivity contribution >= 4 is 5.97 Å². The first kappa shape index (κ1) is 19.3. The molecule has 0 spiro atoms. The van der Waals surface area contributed by atoms with E-state index in [4.69, 9.17) is 14.7 Å². The number of aliphatic carboxylic acids is 1. The zero-order valence-electron chi connectivity index (χ0n) is 14.4. The second-order valence-corrected chi connectivity index (χ2v) is 5.77. The molecule has 0 saturated carbocycles. The minimum atomic E-state index is -0.999. The smallest absolute Gasteiger partial charge is 0.344 e. The molecular weight excluding hydrogens is 337 g/mol. The summed E-state index contributed by atoms with van der Waals surface area (Å²) in [5.41, 5.74) is 0.210. The second-order valence-electron chi connectivity index (χ2n) is 5.77.